The van der Waals surface area contributed by atoms with Gasteiger partial charge in [-0.25, -0.2) is 13.6 Å². The molecule has 0 rings (SSSR count). The van der Waals surface area contributed by atoms with Gasteiger partial charge in [-0.2, -0.15) is 0 Å². The third-order valence-corrected chi connectivity index (χ3v) is 2.84. The molecule has 0 radical (unpaired) electrons. The normalized spacial score (nSPS) is 11.8. The number of thioether (sulfide) groups is 1. The minimum atomic E-state index is -3.22. The smallest absolute Gasteiger partial charge is 0.218 e. The van der Waals surface area contributed by atoms with E-state index in [1.54, 1.807) is 0 Å². The van der Waals surface area contributed by atoms with Gasteiger partial charge in [-0.3, -0.25) is 0 Å². The number of hydrogen-bond acceptors (Lipinski definition) is 3. The highest BCUT2D eigenvalue weighted by Gasteiger charge is 1.98. The van der Waals surface area contributed by atoms with Gasteiger partial charge in [0.2, 0.25) is 10.0 Å². The summed E-state index contributed by atoms with van der Waals surface area (Å²) in [6, 6.07) is 0. The summed E-state index contributed by atoms with van der Waals surface area (Å²) < 4.78 is 20.3. The number of nitrogens with two attached hydrogens (primary N) is 1. The van der Waals surface area contributed by atoms with Crippen LogP contribution < -0.4 is 5.14 Å². The summed E-state index contributed by atoms with van der Waals surface area (Å²) in [5.41, 5.74) is 0. The van der Waals surface area contributed by atoms with Gasteiger partial charge in [-0.15, -0.1) is 11.8 Å². The summed E-state index contributed by atoms with van der Waals surface area (Å²) in [5.74, 6) is 0.788. The van der Waals surface area contributed by atoms with Crippen molar-refractivity contribution in [2.45, 2.75) is 6.92 Å². The fourth-order valence-corrected chi connectivity index (χ4v) is 1.80. The van der Waals surface area contributed by atoms with Crippen molar-refractivity contribution < 1.29 is 8.42 Å². The first kappa shape index (κ1) is 8.26. The minimum Gasteiger partial charge on any atom is -0.228 e. The largest absolute Gasteiger partial charge is 0.228 e. The summed E-state index contributed by atoms with van der Waals surface area (Å²) in [4.78, 5) is 0. The van der Waals surface area contributed by atoms with Crippen molar-refractivity contribution in [2.75, 3.05) is 10.8 Å². The molecule has 0 aromatic heterocycles. The first-order valence-corrected chi connectivity index (χ1v) is 5.01. The van der Waals surface area contributed by atoms with Crippen LogP contribution in [0.1, 0.15) is 6.92 Å². The topological polar surface area (TPSA) is 60.2 Å². The SMILES string of the molecule is CCSCS(N)(=O)=O. The Morgan fingerprint density at radius 2 is 2.12 bits per heavy atom. The Bertz CT molecular complexity index is 139. The molecule has 0 aliphatic heterocycles. The van der Waals surface area contributed by atoms with Crippen molar-refractivity contribution in [2.24, 2.45) is 5.14 Å². The van der Waals surface area contributed by atoms with Crippen LogP contribution in [0.3, 0.4) is 0 Å². The molecule has 8 heavy (non-hydrogen) atoms. The van der Waals surface area contributed by atoms with E-state index in [1.165, 1.54) is 11.8 Å². The molecule has 0 aromatic carbocycles. The molecule has 0 aromatic rings. The zero-order valence-electron chi connectivity index (χ0n) is 4.62. The summed E-state index contributed by atoms with van der Waals surface area (Å²) in [6.45, 7) is 1.88. The second-order valence-corrected chi connectivity index (χ2v) is 4.53. The van der Waals surface area contributed by atoms with E-state index >= 15 is 0 Å². The minimum absolute atomic E-state index is 0.0312. The summed E-state index contributed by atoms with van der Waals surface area (Å²) in [5, 5.41) is 4.70. The molecule has 3 nitrogen and oxygen atoms in total. The average molecular weight is 155 g/mol. The van der Waals surface area contributed by atoms with Crippen molar-refractivity contribution in [3.63, 3.8) is 0 Å². The van der Waals surface area contributed by atoms with E-state index in [0.29, 0.717) is 0 Å². The van der Waals surface area contributed by atoms with Crippen LogP contribution in [0.4, 0.5) is 0 Å². The van der Waals surface area contributed by atoms with Gasteiger partial charge in [0, 0.05) is 0 Å². The molecule has 0 aliphatic rings. The van der Waals surface area contributed by atoms with E-state index in [2.05, 4.69) is 5.14 Å². The van der Waals surface area contributed by atoms with Gasteiger partial charge in [-0.1, -0.05) is 6.92 Å². The van der Waals surface area contributed by atoms with Gasteiger partial charge in [0.05, 0.1) is 0 Å². The fraction of sp³-hybridized carbons (Fsp3) is 1.00. The van der Waals surface area contributed by atoms with Crippen molar-refractivity contribution in [1.82, 2.24) is 0 Å². The molecule has 0 saturated carbocycles. The van der Waals surface area contributed by atoms with Gasteiger partial charge in [0.1, 0.15) is 5.08 Å². The van der Waals surface area contributed by atoms with E-state index < -0.39 is 10.0 Å². The van der Waals surface area contributed by atoms with Crippen LogP contribution in [0.25, 0.3) is 0 Å². The Balaban J connectivity index is 3.42. The number of hydrogen-bond donors (Lipinski definition) is 1. The number of primary sulfonamides is 1. The lowest BCUT2D eigenvalue weighted by molar-refractivity contribution is 0.602. The van der Waals surface area contributed by atoms with Gasteiger partial charge in [-0.05, 0) is 5.75 Å². The lowest BCUT2D eigenvalue weighted by Gasteiger charge is -1.91. The van der Waals surface area contributed by atoms with Crippen LogP contribution in [0.15, 0.2) is 0 Å². The van der Waals surface area contributed by atoms with Crippen LogP contribution in [-0.4, -0.2) is 19.3 Å². The Hall–Kier alpha value is 0.260. The van der Waals surface area contributed by atoms with Crippen LogP contribution in [0.5, 0.6) is 0 Å². The van der Waals surface area contributed by atoms with Crippen molar-refractivity contribution in [1.29, 1.82) is 0 Å². The third kappa shape index (κ3) is 6.26. The van der Waals surface area contributed by atoms with Gasteiger partial charge >= 0.3 is 0 Å². The molecule has 2 N–H and O–H groups in total. The highest BCUT2D eigenvalue weighted by atomic mass is 32.3. The Morgan fingerprint density at radius 3 is 2.25 bits per heavy atom. The molecule has 0 fully saturated rings. The summed E-state index contributed by atoms with van der Waals surface area (Å²) in [6.07, 6.45) is 0. The average Bonchev–Trinajstić information content (AvgIpc) is 1.59. The lowest BCUT2D eigenvalue weighted by Crippen LogP contribution is -2.14. The predicted molar refractivity (Wildman–Crippen MR) is 36.1 cm³/mol. The second kappa shape index (κ2) is 3.32. The van der Waals surface area contributed by atoms with E-state index in [1.807, 2.05) is 6.92 Å². The highest BCUT2D eigenvalue weighted by Crippen LogP contribution is 1.99. The number of rotatable bonds is 3. The Labute approximate surface area is 53.7 Å². The van der Waals surface area contributed by atoms with E-state index in [9.17, 15) is 8.42 Å². The molecular formula is C3H9NO2S2. The highest BCUT2D eigenvalue weighted by molar-refractivity contribution is 8.11. The van der Waals surface area contributed by atoms with Crippen molar-refractivity contribution in [3.05, 3.63) is 0 Å². The Kier molecular flexibility index (Phi) is 3.43. The van der Waals surface area contributed by atoms with Gasteiger partial charge < -0.3 is 0 Å². The van der Waals surface area contributed by atoms with Crippen molar-refractivity contribution >= 4 is 21.8 Å². The van der Waals surface area contributed by atoms with Crippen LogP contribution in [0, 0.1) is 0 Å². The standard InChI is InChI=1S/C3H9NO2S2/c1-2-7-3-8(4,5)6/h2-3H2,1H3,(H2,4,5,6). The monoisotopic (exact) mass is 155 g/mol. The zero-order valence-corrected chi connectivity index (χ0v) is 6.26. The molecular weight excluding hydrogens is 146 g/mol. The molecule has 0 unspecified atom stereocenters. The molecule has 0 amide bonds. The zero-order chi connectivity index (χ0) is 6.62. The maximum Gasteiger partial charge on any atom is 0.218 e. The van der Waals surface area contributed by atoms with Crippen LogP contribution >= 0.6 is 11.8 Å². The lowest BCUT2D eigenvalue weighted by atomic mass is 11.0. The van der Waals surface area contributed by atoms with Gasteiger partial charge in [0.15, 0.2) is 0 Å². The van der Waals surface area contributed by atoms with E-state index in [0.717, 1.165) is 5.75 Å². The van der Waals surface area contributed by atoms with E-state index in [4.69, 9.17) is 0 Å². The van der Waals surface area contributed by atoms with Crippen LogP contribution in [-0.2, 0) is 10.0 Å². The summed E-state index contributed by atoms with van der Waals surface area (Å²) in [7, 11) is -3.22. The fourth-order valence-electron chi connectivity index (χ4n) is 0.199. The molecule has 50 valence electrons. The van der Waals surface area contributed by atoms with E-state index in [-0.39, 0.29) is 5.08 Å². The molecule has 0 saturated heterocycles. The third-order valence-electron chi connectivity index (χ3n) is 0.452. The molecule has 5 heteroatoms. The molecule has 0 aliphatic carbocycles. The van der Waals surface area contributed by atoms with Crippen LogP contribution in [0.2, 0.25) is 0 Å². The quantitative estimate of drug-likeness (QED) is 0.623. The summed E-state index contributed by atoms with van der Waals surface area (Å²) >= 11 is 1.30. The molecule has 0 heterocycles. The maximum atomic E-state index is 10.1. The molecule has 0 bridgehead atoms. The maximum absolute atomic E-state index is 10.1. The second-order valence-electron chi connectivity index (χ2n) is 1.27. The van der Waals surface area contributed by atoms with Gasteiger partial charge in [0.25, 0.3) is 0 Å². The molecule has 0 atom stereocenters. The van der Waals surface area contributed by atoms with Crippen molar-refractivity contribution in [3.8, 4) is 0 Å². The first-order chi connectivity index (χ1) is 3.56. The predicted octanol–water partition coefficient (Wildman–Crippen LogP) is -0.0145. The number of sulfonamides is 1. The first-order valence-electron chi connectivity index (χ1n) is 2.14. The Morgan fingerprint density at radius 1 is 1.62 bits per heavy atom. The molecule has 0 spiro atoms.